The molecule has 5 nitrogen and oxygen atoms in total. The van der Waals surface area contributed by atoms with Gasteiger partial charge in [0.1, 0.15) is 5.75 Å². The summed E-state index contributed by atoms with van der Waals surface area (Å²) in [6, 6.07) is 8.10. The fourth-order valence-electron chi connectivity index (χ4n) is 3.95. The van der Waals surface area contributed by atoms with Crippen LogP contribution in [0, 0.1) is 0 Å². The normalized spacial score (nSPS) is 23.1. The van der Waals surface area contributed by atoms with Gasteiger partial charge in [-0.3, -0.25) is 4.79 Å². The van der Waals surface area contributed by atoms with E-state index in [1.54, 1.807) is 7.11 Å². The van der Waals surface area contributed by atoms with E-state index in [0.717, 1.165) is 56.6 Å². The number of ether oxygens (including phenoxy) is 1. The molecule has 0 aromatic heterocycles. The van der Waals surface area contributed by atoms with Crippen molar-refractivity contribution >= 4 is 11.6 Å². The zero-order valence-electron chi connectivity index (χ0n) is 14.5. The van der Waals surface area contributed by atoms with Crippen molar-refractivity contribution in [1.29, 1.82) is 0 Å². The van der Waals surface area contributed by atoms with Crippen molar-refractivity contribution in [2.45, 2.75) is 56.6 Å². The first-order valence-electron chi connectivity index (χ1n) is 8.99. The molecule has 1 aromatic carbocycles. The van der Waals surface area contributed by atoms with Crippen molar-refractivity contribution in [2.24, 2.45) is 0 Å². The molecule has 5 heteroatoms. The maximum absolute atomic E-state index is 12.3. The highest BCUT2D eigenvalue weighted by atomic mass is 16.5. The Balaban J connectivity index is 1.53. The minimum Gasteiger partial charge on any atom is -0.495 e. The number of benzene rings is 1. The minimum absolute atomic E-state index is 0.0220. The van der Waals surface area contributed by atoms with Crippen LogP contribution in [0.4, 0.5) is 5.69 Å². The van der Waals surface area contributed by atoms with Gasteiger partial charge in [-0.25, -0.2) is 0 Å². The predicted octanol–water partition coefficient (Wildman–Crippen LogP) is 2.48. The molecule has 1 saturated heterocycles. The molecule has 24 heavy (non-hydrogen) atoms. The average molecular weight is 332 g/mol. The first kappa shape index (κ1) is 17.1. The predicted molar refractivity (Wildman–Crippen MR) is 94.4 cm³/mol. The Morgan fingerprint density at radius 1 is 1.33 bits per heavy atom. The summed E-state index contributed by atoms with van der Waals surface area (Å²) >= 11 is 0. The van der Waals surface area contributed by atoms with Gasteiger partial charge in [-0.15, -0.1) is 0 Å². The summed E-state index contributed by atoms with van der Waals surface area (Å²) in [7, 11) is 1.68. The maximum atomic E-state index is 12.3. The first-order valence-corrected chi connectivity index (χ1v) is 8.99. The third kappa shape index (κ3) is 4.01. The molecule has 0 radical (unpaired) electrons. The van der Waals surface area contributed by atoms with Gasteiger partial charge in [-0.1, -0.05) is 31.4 Å². The molecule has 2 N–H and O–H groups in total. The van der Waals surface area contributed by atoms with Crippen LogP contribution >= 0.6 is 0 Å². The lowest BCUT2D eigenvalue weighted by Crippen LogP contribution is -2.43. The molecule has 1 aliphatic heterocycles. The van der Waals surface area contributed by atoms with Crippen molar-refractivity contribution in [3.8, 4) is 5.75 Å². The van der Waals surface area contributed by atoms with Gasteiger partial charge >= 0.3 is 0 Å². The number of rotatable bonds is 5. The topological polar surface area (TPSA) is 61.8 Å². The highest BCUT2D eigenvalue weighted by molar-refractivity contribution is 5.77. The number of carbonyl (C=O) groups excluding carboxylic acids is 1. The number of aliphatic hydroxyl groups is 1. The number of amides is 1. The van der Waals surface area contributed by atoms with Crippen molar-refractivity contribution < 1.29 is 14.6 Å². The summed E-state index contributed by atoms with van der Waals surface area (Å²) in [6.45, 7) is 1.68. The minimum atomic E-state index is -0.788. The second-order valence-electron chi connectivity index (χ2n) is 7.13. The van der Waals surface area contributed by atoms with E-state index >= 15 is 0 Å². The number of hydrogen-bond donors (Lipinski definition) is 2. The molecule has 0 bridgehead atoms. The van der Waals surface area contributed by atoms with Gasteiger partial charge in [0.15, 0.2) is 0 Å². The molecule has 1 atom stereocenters. The standard InChI is InChI=1S/C19H28N2O3/c1-24-17-8-4-3-7-16(17)21-12-9-15(14-21)20-18(22)13-19(23)10-5-2-6-11-19/h3-4,7-8,15,23H,2,5-6,9-14H2,1H3,(H,20,22). The van der Waals surface area contributed by atoms with E-state index < -0.39 is 5.60 Å². The summed E-state index contributed by atoms with van der Waals surface area (Å²) < 4.78 is 5.43. The number of anilines is 1. The quantitative estimate of drug-likeness (QED) is 0.869. The van der Waals surface area contributed by atoms with Crippen LogP contribution in [0.2, 0.25) is 0 Å². The average Bonchev–Trinajstić information content (AvgIpc) is 3.03. The van der Waals surface area contributed by atoms with Gasteiger partial charge in [0, 0.05) is 19.1 Å². The van der Waals surface area contributed by atoms with Crippen LogP contribution in [0.15, 0.2) is 24.3 Å². The fraction of sp³-hybridized carbons (Fsp3) is 0.632. The van der Waals surface area contributed by atoms with Crippen LogP contribution in [0.3, 0.4) is 0 Å². The SMILES string of the molecule is COc1ccccc1N1CCC(NC(=O)CC2(O)CCCCC2)C1. The van der Waals surface area contributed by atoms with Crippen LogP contribution in [0.25, 0.3) is 0 Å². The van der Waals surface area contributed by atoms with Gasteiger partial charge in [-0.2, -0.15) is 0 Å². The second-order valence-corrected chi connectivity index (χ2v) is 7.13. The molecule has 2 fully saturated rings. The first-order chi connectivity index (χ1) is 11.6. The lowest BCUT2D eigenvalue weighted by atomic mass is 9.82. The zero-order valence-corrected chi connectivity index (χ0v) is 14.5. The van der Waals surface area contributed by atoms with E-state index in [0.29, 0.717) is 0 Å². The van der Waals surface area contributed by atoms with Gasteiger partial charge in [0.25, 0.3) is 0 Å². The van der Waals surface area contributed by atoms with Crippen molar-refractivity contribution in [2.75, 3.05) is 25.1 Å². The van der Waals surface area contributed by atoms with E-state index in [-0.39, 0.29) is 18.4 Å². The molecule has 1 saturated carbocycles. The molecule has 1 aliphatic carbocycles. The van der Waals surface area contributed by atoms with Gasteiger partial charge in [0.05, 0.1) is 24.8 Å². The van der Waals surface area contributed by atoms with E-state index in [2.05, 4.69) is 10.2 Å². The van der Waals surface area contributed by atoms with Crippen molar-refractivity contribution in [3.63, 3.8) is 0 Å². The highest BCUT2D eigenvalue weighted by Gasteiger charge is 2.33. The Morgan fingerprint density at radius 3 is 2.83 bits per heavy atom. The van der Waals surface area contributed by atoms with Crippen LogP contribution in [-0.2, 0) is 4.79 Å². The molecule has 1 amide bonds. The van der Waals surface area contributed by atoms with E-state index in [1.807, 2.05) is 24.3 Å². The third-order valence-electron chi connectivity index (χ3n) is 5.25. The molecule has 2 aliphatic rings. The molecule has 3 rings (SSSR count). The molecule has 1 aromatic rings. The van der Waals surface area contributed by atoms with Gasteiger partial charge < -0.3 is 20.1 Å². The maximum Gasteiger partial charge on any atom is 0.223 e. The Labute approximate surface area is 144 Å². The van der Waals surface area contributed by atoms with Gasteiger partial charge in [-0.05, 0) is 31.4 Å². The highest BCUT2D eigenvalue weighted by Crippen LogP contribution is 2.32. The number of para-hydroxylation sites is 2. The monoisotopic (exact) mass is 332 g/mol. The Hall–Kier alpha value is -1.75. The van der Waals surface area contributed by atoms with E-state index in [1.165, 1.54) is 6.42 Å². The van der Waals surface area contributed by atoms with E-state index in [4.69, 9.17) is 4.74 Å². The number of carbonyl (C=O) groups is 1. The van der Waals surface area contributed by atoms with Crippen molar-refractivity contribution in [3.05, 3.63) is 24.3 Å². The molecular formula is C19H28N2O3. The Bertz CT molecular complexity index is 569. The van der Waals surface area contributed by atoms with Crippen molar-refractivity contribution in [1.82, 2.24) is 5.32 Å². The molecule has 1 heterocycles. The molecule has 132 valence electrons. The van der Waals surface area contributed by atoms with Crippen LogP contribution in [0.5, 0.6) is 5.75 Å². The number of hydrogen-bond acceptors (Lipinski definition) is 4. The fourth-order valence-corrected chi connectivity index (χ4v) is 3.95. The van der Waals surface area contributed by atoms with Gasteiger partial charge in [0.2, 0.25) is 5.91 Å². The Kier molecular flexibility index (Phi) is 5.29. The smallest absolute Gasteiger partial charge is 0.223 e. The lowest BCUT2D eigenvalue weighted by Gasteiger charge is -2.31. The number of nitrogens with zero attached hydrogens (tertiary/aromatic N) is 1. The van der Waals surface area contributed by atoms with Crippen LogP contribution < -0.4 is 15.0 Å². The molecule has 1 unspecified atom stereocenters. The zero-order chi connectivity index (χ0) is 17.0. The number of nitrogens with one attached hydrogen (secondary N) is 1. The summed E-state index contributed by atoms with van der Waals surface area (Å²) in [4.78, 5) is 14.6. The summed E-state index contributed by atoms with van der Waals surface area (Å²) in [6.07, 6.45) is 5.86. The lowest BCUT2D eigenvalue weighted by molar-refractivity contribution is -0.128. The molecular weight excluding hydrogens is 304 g/mol. The summed E-state index contributed by atoms with van der Waals surface area (Å²) in [5.41, 5.74) is 0.283. The second kappa shape index (κ2) is 7.43. The van der Waals surface area contributed by atoms with Crippen LogP contribution in [-0.4, -0.2) is 42.9 Å². The summed E-state index contributed by atoms with van der Waals surface area (Å²) in [5.74, 6) is 0.840. The summed E-state index contributed by atoms with van der Waals surface area (Å²) in [5, 5.41) is 13.6. The largest absolute Gasteiger partial charge is 0.495 e. The number of methoxy groups -OCH3 is 1. The van der Waals surface area contributed by atoms with Crippen LogP contribution in [0.1, 0.15) is 44.9 Å². The Morgan fingerprint density at radius 2 is 2.08 bits per heavy atom. The van der Waals surface area contributed by atoms with E-state index in [9.17, 15) is 9.90 Å². The third-order valence-corrected chi connectivity index (χ3v) is 5.25. The molecule has 0 spiro atoms.